The maximum atomic E-state index is 12.8. The maximum absolute atomic E-state index is 12.8. The fraction of sp³-hybridized carbons (Fsp3) is 0.542. The first-order chi connectivity index (χ1) is 13.2. The van der Waals surface area contributed by atoms with Crippen LogP contribution in [0, 0.1) is 17.3 Å². The van der Waals surface area contributed by atoms with Gasteiger partial charge in [-0.25, -0.2) is 0 Å². The lowest BCUT2D eigenvalue weighted by Gasteiger charge is -2.41. The van der Waals surface area contributed by atoms with E-state index in [0.29, 0.717) is 18.9 Å². The third kappa shape index (κ3) is 2.61. The molecule has 1 N–H and O–H groups in total. The number of fused-ring (bicyclic) bond motifs is 3. The molecular weight excluding hydrogens is 352 g/mol. The highest BCUT2D eigenvalue weighted by Crippen LogP contribution is 2.57. The topological polar surface area (TPSA) is 55.8 Å². The SMILES string of the molecule is C=C1C[C@@H](OCc2ccccc2)[C@@]2(O)[C@@H](OC(=O)C2(C)C)C2=C(C)[C@H](C)C[C@H]12. The van der Waals surface area contributed by atoms with Crippen LogP contribution >= 0.6 is 0 Å². The first kappa shape index (κ1) is 19.4. The molecule has 4 rings (SSSR count). The minimum Gasteiger partial charge on any atom is -0.454 e. The first-order valence-electron chi connectivity index (χ1n) is 10.1. The molecule has 0 unspecified atom stereocenters. The number of allylic oxidation sites excluding steroid dienone is 1. The first-order valence-corrected chi connectivity index (χ1v) is 10.1. The van der Waals surface area contributed by atoms with Crippen LogP contribution in [0.5, 0.6) is 0 Å². The van der Waals surface area contributed by atoms with E-state index in [0.717, 1.165) is 23.1 Å². The fourth-order valence-corrected chi connectivity index (χ4v) is 5.19. The normalized spacial score (nSPS) is 36.8. The van der Waals surface area contributed by atoms with Gasteiger partial charge in [-0.2, -0.15) is 0 Å². The van der Waals surface area contributed by atoms with Gasteiger partial charge in [-0.3, -0.25) is 4.79 Å². The van der Waals surface area contributed by atoms with Crippen molar-refractivity contribution in [3.63, 3.8) is 0 Å². The van der Waals surface area contributed by atoms with E-state index in [1.54, 1.807) is 13.8 Å². The maximum Gasteiger partial charge on any atom is 0.315 e. The molecule has 2 aliphatic carbocycles. The van der Waals surface area contributed by atoms with Crippen LogP contribution in [0.3, 0.4) is 0 Å². The second-order valence-electron chi connectivity index (χ2n) is 9.21. The summed E-state index contributed by atoms with van der Waals surface area (Å²) in [5.74, 6) is 0.170. The Labute approximate surface area is 167 Å². The average molecular weight is 383 g/mol. The van der Waals surface area contributed by atoms with Crippen molar-refractivity contribution in [2.75, 3.05) is 0 Å². The third-order valence-corrected chi connectivity index (χ3v) is 7.30. The Morgan fingerprint density at radius 2 is 1.96 bits per heavy atom. The van der Waals surface area contributed by atoms with E-state index in [9.17, 15) is 9.90 Å². The van der Waals surface area contributed by atoms with Gasteiger partial charge in [0.15, 0.2) is 6.10 Å². The van der Waals surface area contributed by atoms with Gasteiger partial charge in [0, 0.05) is 5.92 Å². The highest BCUT2D eigenvalue weighted by atomic mass is 16.6. The fourth-order valence-electron chi connectivity index (χ4n) is 5.19. The van der Waals surface area contributed by atoms with E-state index in [4.69, 9.17) is 9.47 Å². The molecule has 1 heterocycles. The lowest BCUT2D eigenvalue weighted by molar-refractivity contribution is -0.168. The van der Waals surface area contributed by atoms with Gasteiger partial charge >= 0.3 is 5.97 Å². The Morgan fingerprint density at radius 1 is 1.29 bits per heavy atom. The Hall–Kier alpha value is -1.91. The standard InChI is InChI=1S/C24H30O4/c1-14-11-18-15(2)12-19(27-13-17-9-7-6-8-10-17)24(26)21(20(18)16(14)3)28-22(25)23(24,4)5/h6-10,14,18-19,21,26H,2,11-13H2,1,3-5H3/t14-,18-,19-,21+,24-/m1/s1. The molecule has 4 heteroatoms. The number of benzene rings is 1. The van der Waals surface area contributed by atoms with E-state index in [2.05, 4.69) is 20.4 Å². The second-order valence-corrected chi connectivity index (χ2v) is 9.21. The van der Waals surface area contributed by atoms with Gasteiger partial charge in [-0.05, 0) is 50.7 Å². The molecule has 0 amide bonds. The molecule has 1 saturated carbocycles. The highest BCUT2D eigenvalue weighted by Gasteiger charge is 2.69. The molecule has 3 aliphatic rings. The lowest BCUT2D eigenvalue weighted by atomic mass is 9.69. The van der Waals surface area contributed by atoms with Crippen molar-refractivity contribution in [3.05, 3.63) is 59.2 Å². The van der Waals surface area contributed by atoms with Gasteiger partial charge < -0.3 is 14.6 Å². The van der Waals surface area contributed by atoms with E-state index in [-0.39, 0.29) is 11.9 Å². The Morgan fingerprint density at radius 3 is 2.64 bits per heavy atom. The van der Waals surface area contributed by atoms with Crippen LogP contribution in [0.4, 0.5) is 0 Å². The van der Waals surface area contributed by atoms with Crippen LogP contribution in [-0.4, -0.2) is 28.9 Å². The molecule has 1 aromatic carbocycles. The summed E-state index contributed by atoms with van der Waals surface area (Å²) in [5, 5.41) is 12.0. The van der Waals surface area contributed by atoms with Gasteiger partial charge in [0.1, 0.15) is 5.60 Å². The quantitative estimate of drug-likeness (QED) is 0.629. The van der Waals surface area contributed by atoms with Gasteiger partial charge in [-0.1, -0.05) is 55.0 Å². The largest absolute Gasteiger partial charge is 0.454 e. The number of ether oxygens (including phenoxy) is 2. The smallest absolute Gasteiger partial charge is 0.315 e. The van der Waals surface area contributed by atoms with Crippen LogP contribution in [-0.2, 0) is 20.9 Å². The summed E-state index contributed by atoms with van der Waals surface area (Å²) < 4.78 is 12.1. The van der Waals surface area contributed by atoms with Crippen molar-refractivity contribution in [3.8, 4) is 0 Å². The number of hydrogen-bond acceptors (Lipinski definition) is 4. The molecule has 1 aliphatic heterocycles. The zero-order valence-corrected chi connectivity index (χ0v) is 17.2. The summed E-state index contributed by atoms with van der Waals surface area (Å²) in [7, 11) is 0. The van der Waals surface area contributed by atoms with E-state index >= 15 is 0 Å². The summed E-state index contributed by atoms with van der Waals surface area (Å²) in [5.41, 5.74) is 1.86. The van der Waals surface area contributed by atoms with Crippen LogP contribution in [0.25, 0.3) is 0 Å². The van der Waals surface area contributed by atoms with Gasteiger partial charge in [0.25, 0.3) is 0 Å². The predicted octanol–water partition coefficient (Wildman–Crippen LogP) is 4.19. The predicted molar refractivity (Wildman–Crippen MR) is 107 cm³/mol. The monoisotopic (exact) mass is 382 g/mol. The van der Waals surface area contributed by atoms with Gasteiger partial charge in [-0.15, -0.1) is 0 Å². The summed E-state index contributed by atoms with van der Waals surface area (Å²) in [6.45, 7) is 12.5. The summed E-state index contributed by atoms with van der Waals surface area (Å²) in [6, 6.07) is 9.89. The number of esters is 1. The molecule has 150 valence electrons. The van der Waals surface area contributed by atoms with Crippen LogP contribution in [0.2, 0.25) is 0 Å². The molecule has 4 nitrogen and oxygen atoms in total. The molecule has 0 aromatic heterocycles. The van der Waals surface area contributed by atoms with Crippen LogP contribution in [0.1, 0.15) is 46.1 Å². The number of carbonyl (C=O) groups is 1. The Bertz CT molecular complexity index is 837. The Balaban J connectivity index is 1.77. The van der Waals surface area contributed by atoms with Crippen molar-refractivity contribution < 1.29 is 19.4 Å². The van der Waals surface area contributed by atoms with Crippen molar-refractivity contribution in [1.82, 2.24) is 0 Å². The molecule has 0 spiro atoms. The lowest BCUT2D eigenvalue weighted by Crippen LogP contribution is -2.58. The molecule has 5 atom stereocenters. The number of hydrogen-bond donors (Lipinski definition) is 1. The Kier molecular flexibility index (Phi) is 4.55. The molecule has 0 radical (unpaired) electrons. The van der Waals surface area contributed by atoms with Crippen molar-refractivity contribution >= 4 is 5.97 Å². The van der Waals surface area contributed by atoms with Crippen molar-refractivity contribution in [2.24, 2.45) is 17.3 Å². The van der Waals surface area contributed by atoms with Crippen LogP contribution < -0.4 is 0 Å². The minimum absolute atomic E-state index is 0.138. The summed E-state index contributed by atoms with van der Waals surface area (Å²) in [6.07, 6.45) is 0.238. The molecule has 1 saturated heterocycles. The highest BCUT2D eigenvalue weighted by molar-refractivity contribution is 5.82. The van der Waals surface area contributed by atoms with Gasteiger partial charge in [0.2, 0.25) is 0 Å². The van der Waals surface area contributed by atoms with E-state index < -0.39 is 23.2 Å². The molecule has 28 heavy (non-hydrogen) atoms. The van der Waals surface area contributed by atoms with Crippen molar-refractivity contribution in [1.29, 1.82) is 0 Å². The van der Waals surface area contributed by atoms with Crippen molar-refractivity contribution in [2.45, 2.75) is 65.0 Å². The summed E-state index contributed by atoms with van der Waals surface area (Å²) in [4.78, 5) is 12.8. The minimum atomic E-state index is -1.43. The van der Waals surface area contributed by atoms with Gasteiger partial charge in [0.05, 0.1) is 18.1 Å². The zero-order valence-electron chi connectivity index (χ0n) is 17.2. The van der Waals surface area contributed by atoms with E-state index in [1.807, 2.05) is 30.3 Å². The molecule has 1 aromatic rings. The molecule has 2 fully saturated rings. The zero-order chi connectivity index (χ0) is 20.3. The average Bonchev–Trinajstić information content (AvgIpc) is 3.02. The number of carbonyl (C=O) groups excluding carboxylic acids is 1. The molecule has 0 bridgehead atoms. The number of rotatable bonds is 3. The summed E-state index contributed by atoms with van der Waals surface area (Å²) >= 11 is 0. The second kappa shape index (κ2) is 6.57. The van der Waals surface area contributed by atoms with E-state index in [1.165, 1.54) is 5.57 Å². The third-order valence-electron chi connectivity index (χ3n) is 7.30. The molecular formula is C24H30O4. The van der Waals surface area contributed by atoms with Crippen LogP contribution in [0.15, 0.2) is 53.6 Å². The number of aliphatic hydroxyl groups is 1.